The molecule has 0 radical (unpaired) electrons. The summed E-state index contributed by atoms with van der Waals surface area (Å²) in [7, 11) is 0. The highest BCUT2D eigenvalue weighted by molar-refractivity contribution is 5.66. The molecule has 5 rings (SSSR count). The fourth-order valence-corrected chi connectivity index (χ4v) is 3.91. The van der Waals surface area contributed by atoms with Crippen molar-refractivity contribution in [3.05, 3.63) is 60.3 Å². The number of pyridine rings is 1. The van der Waals surface area contributed by atoms with Gasteiger partial charge in [-0.1, -0.05) is 0 Å². The van der Waals surface area contributed by atoms with Gasteiger partial charge in [0.2, 0.25) is 0 Å². The summed E-state index contributed by atoms with van der Waals surface area (Å²) in [6.07, 6.45) is 4.54. The maximum Gasteiger partial charge on any atom is 0.435 e. The maximum atomic E-state index is 13.1. The van der Waals surface area contributed by atoms with Crippen molar-refractivity contribution in [1.29, 1.82) is 0 Å². The van der Waals surface area contributed by atoms with Crippen LogP contribution in [0.4, 0.5) is 19.0 Å². The van der Waals surface area contributed by atoms with E-state index in [1.807, 2.05) is 18.5 Å². The zero-order chi connectivity index (χ0) is 20.7. The fourth-order valence-electron chi connectivity index (χ4n) is 3.91. The van der Waals surface area contributed by atoms with Crippen LogP contribution in [0.25, 0.3) is 16.9 Å². The van der Waals surface area contributed by atoms with Gasteiger partial charge in [0.25, 0.3) is 0 Å². The molecule has 0 saturated carbocycles. The van der Waals surface area contributed by atoms with E-state index in [2.05, 4.69) is 30.2 Å². The first-order valence-corrected chi connectivity index (χ1v) is 9.61. The van der Waals surface area contributed by atoms with Gasteiger partial charge in [0.05, 0.1) is 18.1 Å². The van der Waals surface area contributed by atoms with Crippen LogP contribution in [0, 0.1) is 0 Å². The van der Waals surface area contributed by atoms with Crippen molar-refractivity contribution >= 4 is 11.5 Å². The summed E-state index contributed by atoms with van der Waals surface area (Å²) in [4.78, 5) is 10.9. The van der Waals surface area contributed by atoms with E-state index in [0.29, 0.717) is 22.8 Å². The molecule has 4 aromatic heterocycles. The summed E-state index contributed by atoms with van der Waals surface area (Å²) < 4.78 is 40.5. The predicted octanol–water partition coefficient (Wildman–Crippen LogP) is 3.92. The molecular formula is C20H18F3N7. The van der Waals surface area contributed by atoms with Crippen molar-refractivity contribution in [3.8, 4) is 11.3 Å². The van der Waals surface area contributed by atoms with Crippen LogP contribution in [0.2, 0.25) is 0 Å². The number of aromatic nitrogens is 6. The third kappa shape index (κ3) is 3.38. The van der Waals surface area contributed by atoms with E-state index in [9.17, 15) is 13.2 Å². The molecule has 1 fully saturated rings. The monoisotopic (exact) mass is 413 g/mol. The largest absolute Gasteiger partial charge is 0.435 e. The van der Waals surface area contributed by atoms with Crippen LogP contribution in [-0.4, -0.2) is 42.9 Å². The van der Waals surface area contributed by atoms with Gasteiger partial charge in [0.1, 0.15) is 5.82 Å². The lowest BCUT2D eigenvalue weighted by Crippen LogP contribution is -2.34. The smallest absolute Gasteiger partial charge is 0.356 e. The maximum absolute atomic E-state index is 13.1. The van der Waals surface area contributed by atoms with Gasteiger partial charge >= 0.3 is 6.18 Å². The first-order valence-electron chi connectivity index (χ1n) is 9.61. The number of piperidine rings is 1. The van der Waals surface area contributed by atoms with Crippen molar-refractivity contribution in [1.82, 2.24) is 29.8 Å². The summed E-state index contributed by atoms with van der Waals surface area (Å²) >= 11 is 0. The molecule has 0 bridgehead atoms. The molecule has 1 aliphatic rings. The summed E-state index contributed by atoms with van der Waals surface area (Å²) in [5, 5.41) is 10.7. The number of alkyl halides is 3. The SMILES string of the molecule is FC(F)(F)c1ccc2ncc(-c3ccnc(N4CCCC(c5cn[nH]c5)C4)c3)n2n1. The second-order valence-corrected chi connectivity index (χ2v) is 7.35. The van der Waals surface area contributed by atoms with E-state index in [1.54, 1.807) is 12.3 Å². The third-order valence-corrected chi connectivity index (χ3v) is 5.43. The Bertz CT molecular complexity index is 1170. The van der Waals surface area contributed by atoms with E-state index < -0.39 is 11.9 Å². The van der Waals surface area contributed by atoms with E-state index >= 15 is 0 Å². The standard InChI is InChI=1S/C20H18F3N7/c21-20(22,23)17-3-4-18-25-11-16(30(18)28-17)13-5-6-24-19(8-13)29-7-1-2-14(12-29)15-9-26-27-10-15/h3-6,8-11,14H,1-2,7,12H2,(H,26,27). The molecule has 1 atom stereocenters. The number of halogens is 3. The Morgan fingerprint density at radius 2 is 2.00 bits per heavy atom. The second kappa shape index (κ2) is 7.12. The van der Waals surface area contributed by atoms with Gasteiger partial charge in [-0.2, -0.15) is 23.4 Å². The number of anilines is 1. The number of fused-ring (bicyclic) bond motifs is 1. The molecule has 1 aliphatic heterocycles. The molecule has 0 spiro atoms. The molecule has 1 unspecified atom stereocenters. The highest BCUT2D eigenvalue weighted by atomic mass is 19.4. The average Bonchev–Trinajstić information content (AvgIpc) is 3.43. The molecule has 0 aromatic carbocycles. The predicted molar refractivity (Wildman–Crippen MR) is 104 cm³/mol. The molecule has 0 aliphatic carbocycles. The number of nitrogens with one attached hydrogen (secondary N) is 1. The molecule has 10 heteroatoms. The Labute approximate surface area is 169 Å². The van der Waals surface area contributed by atoms with Crippen LogP contribution < -0.4 is 4.90 Å². The number of hydrogen-bond acceptors (Lipinski definition) is 5. The van der Waals surface area contributed by atoms with Gasteiger partial charge < -0.3 is 4.90 Å². The van der Waals surface area contributed by atoms with Crippen LogP contribution in [-0.2, 0) is 6.18 Å². The highest BCUT2D eigenvalue weighted by Crippen LogP contribution is 2.31. The Balaban J connectivity index is 1.48. The molecule has 4 aromatic rings. The topological polar surface area (TPSA) is 75.0 Å². The molecule has 30 heavy (non-hydrogen) atoms. The van der Waals surface area contributed by atoms with E-state index in [0.717, 1.165) is 37.8 Å². The van der Waals surface area contributed by atoms with Crippen molar-refractivity contribution in [2.24, 2.45) is 0 Å². The minimum absolute atomic E-state index is 0.356. The lowest BCUT2D eigenvalue weighted by Gasteiger charge is -2.33. The quantitative estimate of drug-likeness (QED) is 0.551. The van der Waals surface area contributed by atoms with Crippen molar-refractivity contribution in [3.63, 3.8) is 0 Å². The number of hydrogen-bond donors (Lipinski definition) is 1. The lowest BCUT2D eigenvalue weighted by atomic mass is 9.93. The van der Waals surface area contributed by atoms with Crippen molar-refractivity contribution in [2.75, 3.05) is 18.0 Å². The summed E-state index contributed by atoms with van der Waals surface area (Å²) in [5.41, 5.74) is 1.77. The van der Waals surface area contributed by atoms with Crippen molar-refractivity contribution in [2.45, 2.75) is 24.9 Å². The first kappa shape index (κ1) is 18.6. The minimum atomic E-state index is -4.52. The zero-order valence-electron chi connectivity index (χ0n) is 15.8. The Morgan fingerprint density at radius 3 is 2.80 bits per heavy atom. The summed E-state index contributed by atoms with van der Waals surface area (Å²) in [6, 6.07) is 5.89. The van der Waals surface area contributed by atoms with Crippen LogP contribution in [0.3, 0.4) is 0 Å². The lowest BCUT2D eigenvalue weighted by molar-refractivity contribution is -0.141. The minimum Gasteiger partial charge on any atom is -0.356 e. The molecule has 1 saturated heterocycles. The molecular weight excluding hydrogens is 395 g/mol. The van der Waals surface area contributed by atoms with E-state index in [1.165, 1.54) is 22.3 Å². The Hall–Kier alpha value is -3.43. The summed E-state index contributed by atoms with van der Waals surface area (Å²) in [6.45, 7) is 1.67. The van der Waals surface area contributed by atoms with Gasteiger partial charge in [-0.25, -0.2) is 14.5 Å². The van der Waals surface area contributed by atoms with Crippen LogP contribution in [0.5, 0.6) is 0 Å². The van der Waals surface area contributed by atoms with Gasteiger partial charge in [0, 0.05) is 37.0 Å². The zero-order valence-corrected chi connectivity index (χ0v) is 15.8. The number of H-pyrrole nitrogens is 1. The average molecular weight is 413 g/mol. The molecule has 0 amide bonds. The van der Waals surface area contributed by atoms with Gasteiger partial charge in [-0.15, -0.1) is 0 Å². The molecule has 5 heterocycles. The number of aromatic amines is 1. The number of nitrogens with zero attached hydrogens (tertiary/aromatic N) is 6. The molecule has 1 N–H and O–H groups in total. The fraction of sp³-hybridized carbons (Fsp3) is 0.300. The van der Waals surface area contributed by atoms with Gasteiger partial charge in [0.15, 0.2) is 11.3 Å². The van der Waals surface area contributed by atoms with Crippen LogP contribution >= 0.6 is 0 Å². The molecule has 154 valence electrons. The Morgan fingerprint density at radius 1 is 1.10 bits per heavy atom. The van der Waals surface area contributed by atoms with Gasteiger partial charge in [-0.3, -0.25) is 5.10 Å². The normalized spacial score (nSPS) is 17.6. The van der Waals surface area contributed by atoms with Gasteiger partial charge in [-0.05, 0) is 42.7 Å². The highest BCUT2D eigenvalue weighted by Gasteiger charge is 2.33. The molecule has 7 nitrogen and oxygen atoms in total. The second-order valence-electron chi connectivity index (χ2n) is 7.35. The van der Waals surface area contributed by atoms with Crippen LogP contribution in [0.15, 0.2) is 49.1 Å². The van der Waals surface area contributed by atoms with Crippen LogP contribution in [0.1, 0.15) is 30.0 Å². The van der Waals surface area contributed by atoms with Crippen molar-refractivity contribution < 1.29 is 13.2 Å². The third-order valence-electron chi connectivity index (χ3n) is 5.43. The Kier molecular flexibility index (Phi) is 4.41. The number of rotatable bonds is 3. The summed E-state index contributed by atoms with van der Waals surface area (Å²) in [5.74, 6) is 1.14. The first-order chi connectivity index (χ1) is 14.5. The van der Waals surface area contributed by atoms with E-state index in [4.69, 9.17) is 0 Å². The van der Waals surface area contributed by atoms with E-state index in [-0.39, 0.29) is 0 Å². The number of imidazole rings is 1.